The van der Waals surface area contributed by atoms with Gasteiger partial charge in [0.15, 0.2) is 13.9 Å². The molecule has 4 aromatic heterocycles. The van der Waals surface area contributed by atoms with Crippen LogP contribution in [0.4, 0.5) is 0 Å². The molecular weight excluding hydrogens is 815 g/mol. The Kier molecular flexibility index (Phi) is 8.34. The van der Waals surface area contributed by atoms with Gasteiger partial charge < -0.3 is 0 Å². The molecule has 0 fully saturated rings. The predicted octanol–water partition coefficient (Wildman–Crippen LogP) is 11.5. The van der Waals surface area contributed by atoms with Crippen molar-refractivity contribution in [1.82, 2.24) is 24.1 Å². The van der Waals surface area contributed by atoms with E-state index in [-0.39, 0.29) is 0 Å². The number of hydrogen-bond donors (Lipinski definition) is 0. The van der Waals surface area contributed by atoms with E-state index in [0.29, 0.717) is 17.7 Å². The summed E-state index contributed by atoms with van der Waals surface area (Å²) in [6.07, 6.45) is 0. The van der Waals surface area contributed by atoms with Crippen LogP contribution in [0.1, 0.15) is 0 Å². The summed E-state index contributed by atoms with van der Waals surface area (Å²) in [5, 5.41) is 12.5. The molecule has 7 heteroatoms. The number of rotatable bonds is 7. The molecule has 0 spiro atoms. The second-order valence-corrected chi connectivity index (χ2v) is 21.1. The number of aromatic nitrogens is 5. The molecular formula is C57H37N5SSi. The number of thiophene rings is 1. The van der Waals surface area contributed by atoms with Gasteiger partial charge in [-0.15, -0.1) is 11.3 Å². The van der Waals surface area contributed by atoms with Gasteiger partial charge in [0.2, 0.25) is 11.9 Å². The van der Waals surface area contributed by atoms with Crippen LogP contribution in [0.25, 0.3) is 87.1 Å². The smallest absolute Gasteiger partial charge is 0.240 e. The van der Waals surface area contributed by atoms with Crippen molar-refractivity contribution < 1.29 is 0 Å². The van der Waals surface area contributed by atoms with E-state index in [1.165, 1.54) is 36.2 Å². The minimum absolute atomic E-state index is 0.571. The maximum absolute atomic E-state index is 5.49. The Morgan fingerprint density at radius 3 is 1.11 bits per heavy atom. The highest BCUT2D eigenvalue weighted by molar-refractivity contribution is 7.31. The van der Waals surface area contributed by atoms with E-state index < -0.39 is 8.07 Å². The van der Waals surface area contributed by atoms with E-state index in [1.807, 2.05) is 11.3 Å². The Morgan fingerprint density at radius 1 is 0.312 bits per heavy atom. The molecule has 0 aliphatic rings. The number of nitrogens with zero attached hydrogens (tertiary/aromatic N) is 5. The van der Waals surface area contributed by atoms with E-state index in [2.05, 4.69) is 234 Å². The molecule has 0 saturated heterocycles. The standard InChI is InChI=1S/C57H37N5SSi/c1-4-20-38(21-5-1)64(39-22-6-2-7-23-39,40-24-8-3-9-25-40)52-37-19-31-46-45-30-18-32-47(53(45)63-54(46)52)55-58-56(61-48-33-14-10-26-41(48)42-27-11-15-34-49(42)61)60-57(59-55)62-50-35-16-12-28-43(50)44-29-13-17-36-51(44)62/h1-37H. The molecule has 5 nitrogen and oxygen atoms in total. The average molecular weight is 852 g/mol. The lowest BCUT2D eigenvalue weighted by Crippen LogP contribution is -2.74. The van der Waals surface area contributed by atoms with Crippen LogP contribution >= 0.6 is 11.3 Å². The third-order valence-corrected chi connectivity index (χ3v) is 19.3. The lowest BCUT2D eigenvalue weighted by Gasteiger charge is -2.34. The van der Waals surface area contributed by atoms with Crippen molar-refractivity contribution in [3.8, 4) is 23.3 Å². The Morgan fingerprint density at radius 2 is 0.672 bits per heavy atom. The van der Waals surface area contributed by atoms with Crippen LogP contribution in [-0.2, 0) is 0 Å². The minimum atomic E-state index is -2.86. The van der Waals surface area contributed by atoms with E-state index >= 15 is 0 Å². The van der Waals surface area contributed by atoms with Gasteiger partial charge >= 0.3 is 0 Å². The molecule has 0 unspecified atom stereocenters. The second-order valence-electron chi connectivity index (χ2n) is 16.3. The third-order valence-electron chi connectivity index (χ3n) is 13.0. The highest BCUT2D eigenvalue weighted by Gasteiger charge is 2.43. The van der Waals surface area contributed by atoms with Crippen molar-refractivity contribution in [2.45, 2.75) is 0 Å². The van der Waals surface area contributed by atoms with Gasteiger partial charge in [-0.1, -0.05) is 194 Å². The molecule has 0 bridgehead atoms. The fraction of sp³-hybridized carbons (Fsp3) is 0. The Balaban J connectivity index is 1.13. The maximum Gasteiger partial charge on any atom is 0.240 e. The zero-order valence-corrected chi connectivity index (χ0v) is 36.3. The Bertz CT molecular complexity index is 3580. The molecule has 13 rings (SSSR count). The first-order valence-corrected chi connectivity index (χ1v) is 24.4. The van der Waals surface area contributed by atoms with Gasteiger partial charge in [-0.3, -0.25) is 9.13 Å². The van der Waals surface area contributed by atoms with Crippen molar-refractivity contribution in [3.63, 3.8) is 0 Å². The van der Waals surface area contributed by atoms with Crippen molar-refractivity contribution in [2.24, 2.45) is 0 Å². The molecule has 64 heavy (non-hydrogen) atoms. The van der Waals surface area contributed by atoms with Crippen molar-refractivity contribution >= 4 is 104 Å². The first kappa shape index (κ1) is 36.7. The first-order valence-electron chi connectivity index (χ1n) is 21.6. The van der Waals surface area contributed by atoms with Gasteiger partial charge in [0.05, 0.1) is 22.1 Å². The maximum atomic E-state index is 5.49. The van der Waals surface area contributed by atoms with Crippen LogP contribution in [0, 0.1) is 0 Å². The largest absolute Gasteiger partial charge is 0.278 e. The highest BCUT2D eigenvalue weighted by atomic mass is 32.1. The van der Waals surface area contributed by atoms with Gasteiger partial charge in [-0.25, -0.2) is 0 Å². The summed E-state index contributed by atoms with van der Waals surface area (Å²) in [5.41, 5.74) is 5.15. The lowest BCUT2D eigenvalue weighted by molar-refractivity contribution is 0.893. The molecule has 300 valence electrons. The molecule has 0 aliphatic heterocycles. The van der Waals surface area contributed by atoms with Gasteiger partial charge in [0.1, 0.15) is 0 Å². The summed E-state index contributed by atoms with van der Waals surface area (Å²) in [4.78, 5) is 16.4. The van der Waals surface area contributed by atoms with Crippen molar-refractivity contribution in [1.29, 1.82) is 0 Å². The highest BCUT2D eigenvalue weighted by Crippen LogP contribution is 2.41. The minimum Gasteiger partial charge on any atom is -0.278 e. The van der Waals surface area contributed by atoms with Gasteiger partial charge in [0.25, 0.3) is 0 Å². The van der Waals surface area contributed by atoms with Crippen LogP contribution in [0.15, 0.2) is 224 Å². The topological polar surface area (TPSA) is 48.5 Å². The molecule has 0 aliphatic carbocycles. The molecule has 0 N–H and O–H groups in total. The molecule has 9 aromatic carbocycles. The fourth-order valence-corrected chi connectivity index (χ4v) is 16.9. The van der Waals surface area contributed by atoms with E-state index in [1.54, 1.807) is 0 Å². The number of fused-ring (bicyclic) bond motifs is 9. The summed E-state index contributed by atoms with van der Waals surface area (Å²) in [6, 6.07) is 81.2. The monoisotopic (exact) mass is 851 g/mol. The van der Waals surface area contributed by atoms with Gasteiger partial charge in [0, 0.05) is 47.3 Å². The quantitative estimate of drug-likeness (QED) is 0.119. The summed E-state index contributed by atoms with van der Waals surface area (Å²) in [7, 11) is -2.86. The number of hydrogen-bond acceptors (Lipinski definition) is 4. The Hall–Kier alpha value is -7.97. The van der Waals surface area contributed by atoms with Crippen LogP contribution < -0.4 is 20.7 Å². The number of para-hydroxylation sites is 4. The predicted molar refractivity (Wildman–Crippen MR) is 270 cm³/mol. The molecule has 0 amide bonds. The molecule has 13 aromatic rings. The first-order chi connectivity index (χ1) is 31.8. The molecule has 4 heterocycles. The lowest BCUT2D eigenvalue weighted by atomic mass is 10.1. The zero-order chi connectivity index (χ0) is 42.2. The van der Waals surface area contributed by atoms with E-state index in [4.69, 9.17) is 15.0 Å². The van der Waals surface area contributed by atoms with Gasteiger partial charge in [-0.2, -0.15) is 15.0 Å². The summed E-state index contributed by atoms with van der Waals surface area (Å²) in [5.74, 6) is 1.77. The van der Waals surface area contributed by atoms with Crippen molar-refractivity contribution in [2.75, 3.05) is 0 Å². The summed E-state index contributed by atoms with van der Waals surface area (Å²) < 4.78 is 6.84. The zero-order valence-electron chi connectivity index (χ0n) is 34.5. The summed E-state index contributed by atoms with van der Waals surface area (Å²) >= 11 is 1.86. The van der Waals surface area contributed by atoms with Crippen LogP contribution in [-0.4, -0.2) is 32.2 Å². The van der Waals surface area contributed by atoms with Crippen molar-refractivity contribution in [3.05, 3.63) is 224 Å². The van der Waals surface area contributed by atoms with Crippen LogP contribution in [0.5, 0.6) is 0 Å². The normalized spacial score (nSPS) is 12.1. The third kappa shape index (κ3) is 5.38. The Labute approximate surface area is 373 Å². The van der Waals surface area contributed by atoms with Crippen LogP contribution in [0.2, 0.25) is 0 Å². The molecule has 0 radical (unpaired) electrons. The summed E-state index contributed by atoms with van der Waals surface area (Å²) in [6.45, 7) is 0. The molecule has 0 saturated carbocycles. The second kappa shape index (κ2) is 14.6. The molecule has 0 atom stereocenters. The van der Waals surface area contributed by atoms with E-state index in [9.17, 15) is 0 Å². The number of benzene rings is 9. The van der Waals surface area contributed by atoms with Gasteiger partial charge in [-0.05, 0) is 51.1 Å². The SMILES string of the molecule is c1ccc([Si](c2ccccc2)(c2ccccc2)c2cccc3c2sc2c(-c4nc(-n5c6ccccc6c6ccccc65)nc(-n5c6ccccc6c6ccccc65)n4)cccc23)cc1. The average Bonchev–Trinajstić information content (AvgIpc) is 4.04. The van der Waals surface area contributed by atoms with E-state index in [0.717, 1.165) is 53.9 Å². The van der Waals surface area contributed by atoms with Crippen LogP contribution in [0.3, 0.4) is 0 Å². The fourth-order valence-electron chi connectivity index (χ4n) is 10.3.